The van der Waals surface area contributed by atoms with Gasteiger partial charge in [-0.25, -0.2) is 4.39 Å². The van der Waals surface area contributed by atoms with Gasteiger partial charge in [0, 0.05) is 17.8 Å². The topological polar surface area (TPSA) is 58.6 Å². The third-order valence-electron chi connectivity index (χ3n) is 4.21. The van der Waals surface area contributed by atoms with E-state index in [0.717, 1.165) is 5.56 Å². The van der Waals surface area contributed by atoms with Crippen molar-refractivity contribution in [3.63, 3.8) is 0 Å². The highest BCUT2D eigenvalue weighted by atomic mass is 19.1. The number of anilines is 1. The van der Waals surface area contributed by atoms with Gasteiger partial charge in [0.1, 0.15) is 5.82 Å². The first-order valence-electron chi connectivity index (χ1n) is 8.26. The Morgan fingerprint density at radius 1 is 1.23 bits per heavy atom. The van der Waals surface area contributed by atoms with Gasteiger partial charge in [-0.2, -0.15) is 0 Å². The zero-order valence-corrected chi connectivity index (χ0v) is 14.2. The lowest BCUT2D eigenvalue weighted by Gasteiger charge is -2.36. The van der Waals surface area contributed by atoms with Crippen LogP contribution >= 0.6 is 0 Å². The number of ether oxygens (including phenoxy) is 1. The summed E-state index contributed by atoms with van der Waals surface area (Å²) in [5.41, 5.74) is 1.80. The molecule has 0 aliphatic carbocycles. The maximum atomic E-state index is 13.2. The van der Waals surface area contributed by atoms with Crippen LogP contribution in [0.2, 0.25) is 0 Å². The number of hydrogen-bond acceptors (Lipinski definition) is 3. The van der Waals surface area contributed by atoms with E-state index in [1.807, 2.05) is 0 Å². The van der Waals surface area contributed by atoms with Crippen molar-refractivity contribution in [3.8, 4) is 0 Å². The van der Waals surface area contributed by atoms with Crippen LogP contribution < -0.4 is 5.32 Å². The molecule has 3 rings (SSSR count). The van der Waals surface area contributed by atoms with E-state index in [2.05, 4.69) is 11.9 Å². The van der Waals surface area contributed by atoms with Crippen molar-refractivity contribution in [2.75, 3.05) is 25.1 Å². The third kappa shape index (κ3) is 3.97. The van der Waals surface area contributed by atoms with Crippen molar-refractivity contribution in [1.29, 1.82) is 0 Å². The number of nitrogens with zero attached hydrogens (tertiary/aromatic N) is 1. The van der Waals surface area contributed by atoms with E-state index in [1.54, 1.807) is 41.3 Å². The first-order valence-corrected chi connectivity index (χ1v) is 8.26. The minimum atomic E-state index is -0.342. The lowest BCUT2D eigenvalue weighted by Crippen LogP contribution is -2.43. The Morgan fingerprint density at radius 3 is 2.73 bits per heavy atom. The molecule has 2 aromatic carbocycles. The molecule has 1 fully saturated rings. The molecule has 1 N–H and O–H groups in total. The Kier molecular flexibility index (Phi) is 5.43. The quantitative estimate of drug-likeness (QED) is 0.858. The lowest BCUT2D eigenvalue weighted by atomic mass is 10.0. The Balaban J connectivity index is 1.84. The minimum Gasteiger partial charge on any atom is -0.377 e. The van der Waals surface area contributed by atoms with Crippen molar-refractivity contribution in [2.45, 2.75) is 6.04 Å². The summed E-state index contributed by atoms with van der Waals surface area (Å²) in [5.74, 6) is -0.837. The van der Waals surface area contributed by atoms with Gasteiger partial charge in [0.25, 0.3) is 5.91 Å². The zero-order chi connectivity index (χ0) is 18.5. The molecule has 0 saturated carbocycles. The molecule has 1 saturated heterocycles. The SMILES string of the molecule is C=CC(=O)Nc1cccc(C(=O)N2CCOCC2c2ccc(F)cc2)c1. The molecule has 0 aromatic heterocycles. The number of rotatable bonds is 4. The van der Waals surface area contributed by atoms with E-state index in [9.17, 15) is 14.0 Å². The average molecular weight is 354 g/mol. The summed E-state index contributed by atoms with van der Waals surface area (Å²) >= 11 is 0. The molecule has 26 heavy (non-hydrogen) atoms. The fourth-order valence-electron chi connectivity index (χ4n) is 2.90. The Bertz CT molecular complexity index is 820. The number of carbonyl (C=O) groups excluding carboxylic acids is 2. The molecule has 6 heteroatoms. The predicted octanol–water partition coefficient (Wildman–Crippen LogP) is 3.16. The Hall–Kier alpha value is -2.99. The molecule has 1 aliphatic heterocycles. The molecular weight excluding hydrogens is 335 g/mol. The molecule has 134 valence electrons. The molecule has 2 amide bonds. The highest BCUT2D eigenvalue weighted by Gasteiger charge is 2.29. The summed E-state index contributed by atoms with van der Waals surface area (Å²) in [6, 6.07) is 12.5. The molecule has 0 radical (unpaired) electrons. The van der Waals surface area contributed by atoms with Crippen LogP contribution in [-0.4, -0.2) is 36.5 Å². The van der Waals surface area contributed by atoms with Crippen molar-refractivity contribution in [2.24, 2.45) is 0 Å². The van der Waals surface area contributed by atoms with Crippen molar-refractivity contribution in [1.82, 2.24) is 4.90 Å². The van der Waals surface area contributed by atoms with Gasteiger partial charge in [-0.1, -0.05) is 24.8 Å². The van der Waals surface area contributed by atoms with Gasteiger partial charge in [-0.05, 0) is 42.0 Å². The number of benzene rings is 2. The van der Waals surface area contributed by atoms with Crippen LogP contribution in [0.4, 0.5) is 10.1 Å². The van der Waals surface area contributed by atoms with E-state index in [0.29, 0.717) is 31.0 Å². The van der Waals surface area contributed by atoms with Gasteiger partial charge in [0.15, 0.2) is 0 Å². The smallest absolute Gasteiger partial charge is 0.254 e. The van der Waals surface area contributed by atoms with Crippen LogP contribution in [0.1, 0.15) is 22.0 Å². The first kappa shape index (κ1) is 17.8. The van der Waals surface area contributed by atoms with Crippen molar-refractivity contribution >= 4 is 17.5 Å². The molecule has 1 heterocycles. The zero-order valence-electron chi connectivity index (χ0n) is 14.2. The molecule has 5 nitrogen and oxygen atoms in total. The van der Waals surface area contributed by atoms with Crippen LogP contribution in [0.5, 0.6) is 0 Å². The predicted molar refractivity (Wildman–Crippen MR) is 96.3 cm³/mol. The number of morpholine rings is 1. The van der Waals surface area contributed by atoms with Gasteiger partial charge >= 0.3 is 0 Å². The average Bonchev–Trinajstić information content (AvgIpc) is 2.68. The fraction of sp³-hybridized carbons (Fsp3) is 0.200. The van der Waals surface area contributed by atoms with E-state index >= 15 is 0 Å². The summed E-state index contributed by atoms with van der Waals surface area (Å²) in [7, 11) is 0. The van der Waals surface area contributed by atoms with Crippen LogP contribution in [0.25, 0.3) is 0 Å². The van der Waals surface area contributed by atoms with E-state index < -0.39 is 0 Å². The number of halogens is 1. The second-order valence-corrected chi connectivity index (χ2v) is 5.91. The van der Waals surface area contributed by atoms with Gasteiger partial charge < -0.3 is 15.0 Å². The molecular formula is C20H19FN2O3. The maximum absolute atomic E-state index is 13.2. The molecule has 1 unspecified atom stereocenters. The highest BCUT2D eigenvalue weighted by Crippen LogP contribution is 2.26. The van der Waals surface area contributed by atoms with E-state index in [1.165, 1.54) is 18.2 Å². The second kappa shape index (κ2) is 7.93. The van der Waals surface area contributed by atoms with Gasteiger partial charge in [0.2, 0.25) is 5.91 Å². The monoisotopic (exact) mass is 354 g/mol. The molecule has 2 aromatic rings. The Morgan fingerprint density at radius 2 is 2.00 bits per heavy atom. The standard InChI is InChI=1S/C20H19FN2O3/c1-2-19(24)22-17-5-3-4-15(12-17)20(25)23-10-11-26-13-18(23)14-6-8-16(21)9-7-14/h2-9,12,18H,1,10-11,13H2,(H,22,24). The molecule has 0 spiro atoms. The van der Waals surface area contributed by atoms with Crippen LogP contribution in [0.3, 0.4) is 0 Å². The Labute approximate surface area is 151 Å². The van der Waals surface area contributed by atoms with E-state index in [4.69, 9.17) is 4.74 Å². The van der Waals surface area contributed by atoms with Gasteiger partial charge in [0.05, 0.1) is 19.3 Å². The summed E-state index contributed by atoms with van der Waals surface area (Å²) in [4.78, 5) is 26.2. The number of hydrogen-bond donors (Lipinski definition) is 1. The fourth-order valence-corrected chi connectivity index (χ4v) is 2.90. The summed E-state index contributed by atoms with van der Waals surface area (Å²) in [6.45, 7) is 4.64. The van der Waals surface area contributed by atoms with Gasteiger partial charge in [-0.15, -0.1) is 0 Å². The summed E-state index contributed by atoms with van der Waals surface area (Å²) < 4.78 is 18.7. The van der Waals surface area contributed by atoms with E-state index in [-0.39, 0.29) is 23.7 Å². The summed E-state index contributed by atoms with van der Waals surface area (Å²) in [5, 5.41) is 2.64. The minimum absolute atomic E-state index is 0.169. The normalized spacial score (nSPS) is 16.8. The number of nitrogens with one attached hydrogen (secondary N) is 1. The number of carbonyl (C=O) groups is 2. The second-order valence-electron chi connectivity index (χ2n) is 5.91. The van der Waals surface area contributed by atoms with Gasteiger partial charge in [-0.3, -0.25) is 9.59 Å². The maximum Gasteiger partial charge on any atom is 0.254 e. The number of amides is 2. The molecule has 0 bridgehead atoms. The van der Waals surface area contributed by atoms with Crippen LogP contribution in [0.15, 0.2) is 61.2 Å². The third-order valence-corrected chi connectivity index (χ3v) is 4.21. The van der Waals surface area contributed by atoms with Crippen molar-refractivity contribution in [3.05, 3.63) is 78.1 Å². The lowest BCUT2D eigenvalue weighted by molar-refractivity contribution is -0.111. The highest BCUT2D eigenvalue weighted by molar-refractivity contribution is 6.00. The van der Waals surface area contributed by atoms with Crippen LogP contribution in [0, 0.1) is 5.82 Å². The molecule has 1 aliphatic rings. The largest absolute Gasteiger partial charge is 0.377 e. The molecule has 1 atom stereocenters. The summed E-state index contributed by atoms with van der Waals surface area (Å²) in [6.07, 6.45) is 1.17. The van der Waals surface area contributed by atoms with Crippen LogP contribution in [-0.2, 0) is 9.53 Å². The van der Waals surface area contributed by atoms with Crippen molar-refractivity contribution < 1.29 is 18.7 Å². The first-order chi connectivity index (χ1) is 12.6.